The van der Waals surface area contributed by atoms with E-state index in [9.17, 15) is 0 Å². The van der Waals surface area contributed by atoms with Gasteiger partial charge in [0.25, 0.3) is 0 Å². The smallest absolute Gasteiger partial charge is 0.231 e. The lowest BCUT2D eigenvalue weighted by Gasteiger charge is -2.29. The molecule has 1 aliphatic rings. The summed E-state index contributed by atoms with van der Waals surface area (Å²) in [5.41, 5.74) is 8.62. The average molecular weight is 570 g/mol. The van der Waals surface area contributed by atoms with E-state index in [-0.39, 0.29) is 12.5 Å². The summed E-state index contributed by atoms with van der Waals surface area (Å²) in [6.07, 6.45) is -0.441. The van der Waals surface area contributed by atoms with Gasteiger partial charge in [-0.15, -0.1) is 0 Å². The Bertz CT molecular complexity index is 2350. The Labute approximate surface area is 254 Å². The van der Waals surface area contributed by atoms with Crippen LogP contribution < -0.4 is 10.6 Å². The third kappa shape index (κ3) is 3.98. The van der Waals surface area contributed by atoms with Gasteiger partial charge in [0.1, 0.15) is 5.58 Å². The van der Waals surface area contributed by atoms with Crippen LogP contribution >= 0.6 is 0 Å². The zero-order chi connectivity index (χ0) is 29.0. The summed E-state index contributed by atoms with van der Waals surface area (Å²) < 4.78 is 8.94. The fourth-order valence-corrected chi connectivity index (χ4v) is 6.74. The highest BCUT2D eigenvalue weighted by atomic mass is 16.3. The van der Waals surface area contributed by atoms with Crippen LogP contribution in [0, 0.1) is 0 Å². The number of hydrogen-bond donors (Lipinski definition) is 2. The predicted molar refractivity (Wildman–Crippen MR) is 178 cm³/mol. The Balaban J connectivity index is 1.27. The molecule has 0 amide bonds. The molecule has 210 valence electrons. The number of furan rings is 1. The van der Waals surface area contributed by atoms with E-state index in [1.54, 1.807) is 0 Å². The molecule has 2 aromatic heterocycles. The van der Waals surface area contributed by atoms with Crippen molar-refractivity contribution in [2.24, 2.45) is 4.99 Å². The number of amidine groups is 1. The Kier molecular flexibility index (Phi) is 5.73. The molecular weight excluding hydrogens is 540 g/mol. The minimum absolute atomic E-state index is 0.0672. The summed E-state index contributed by atoms with van der Waals surface area (Å²) in [4.78, 5) is 5.38. The predicted octanol–water partition coefficient (Wildman–Crippen LogP) is 8.13. The maximum Gasteiger partial charge on any atom is 0.231 e. The van der Waals surface area contributed by atoms with Gasteiger partial charge in [-0.3, -0.25) is 5.32 Å². The van der Waals surface area contributed by atoms with Crippen molar-refractivity contribution in [3.63, 3.8) is 0 Å². The summed E-state index contributed by atoms with van der Waals surface area (Å²) in [7, 11) is 0. The fourth-order valence-electron chi connectivity index (χ4n) is 6.74. The van der Waals surface area contributed by atoms with Crippen LogP contribution in [0.25, 0.3) is 54.9 Å². The van der Waals surface area contributed by atoms with Gasteiger partial charge < -0.3 is 8.98 Å². The highest BCUT2D eigenvalue weighted by Crippen LogP contribution is 2.40. The molecule has 5 nitrogen and oxygen atoms in total. The molecule has 0 radical (unpaired) electrons. The van der Waals surface area contributed by atoms with Crippen molar-refractivity contribution < 1.29 is 9.73 Å². The summed E-state index contributed by atoms with van der Waals surface area (Å²) in [5, 5.41) is 10.7. The van der Waals surface area contributed by atoms with E-state index in [0.29, 0.717) is 0 Å². The molecule has 2 unspecified atom stereocenters. The van der Waals surface area contributed by atoms with Gasteiger partial charge in [-0.25, -0.2) is 5.32 Å². The number of nitrogens with two attached hydrogens (primary N) is 1. The summed E-state index contributed by atoms with van der Waals surface area (Å²) in [5.74, 6) is 0.965. The summed E-state index contributed by atoms with van der Waals surface area (Å²) in [6, 6.07) is 51.1. The van der Waals surface area contributed by atoms with Gasteiger partial charge in [-0.2, -0.15) is 4.99 Å². The number of para-hydroxylation sites is 2. The number of hydrogen-bond acceptors (Lipinski definition) is 3. The third-order valence-corrected chi connectivity index (χ3v) is 8.80. The first-order chi connectivity index (χ1) is 21.8. The van der Waals surface area contributed by atoms with E-state index in [0.717, 1.165) is 49.8 Å². The molecule has 0 spiro atoms. The van der Waals surface area contributed by atoms with Crippen molar-refractivity contribution in [3.8, 4) is 11.1 Å². The van der Waals surface area contributed by atoms with Gasteiger partial charge in [0, 0.05) is 27.1 Å². The SMILES string of the molecule is c1ccc(C2=NC(n3c4ccccc4c4ccc5c6ccccc6oc5c43)NC(c3cccc(-c4ccccc4)c3)[NH2+]2)cc1. The van der Waals surface area contributed by atoms with E-state index in [4.69, 9.17) is 9.41 Å². The van der Waals surface area contributed by atoms with Crippen LogP contribution in [0.5, 0.6) is 0 Å². The molecular formula is C39H29N4O+. The van der Waals surface area contributed by atoms with Crippen LogP contribution in [0.15, 0.2) is 155 Å². The largest absolute Gasteiger partial charge is 0.454 e. The maximum atomic E-state index is 6.61. The van der Waals surface area contributed by atoms with E-state index in [2.05, 4.69) is 149 Å². The lowest BCUT2D eigenvalue weighted by atomic mass is 10.0. The van der Waals surface area contributed by atoms with Crippen LogP contribution in [0.2, 0.25) is 0 Å². The molecule has 3 N–H and O–H groups in total. The van der Waals surface area contributed by atoms with Crippen LogP contribution in [0.3, 0.4) is 0 Å². The number of quaternary nitrogens is 1. The van der Waals surface area contributed by atoms with Gasteiger partial charge in [-0.05, 0) is 47.5 Å². The number of nitrogens with zero attached hydrogens (tertiary/aromatic N) is 2. The van der Waals surface area contributed by atoms with Gasteiger partial charge in [-0.1, -0.05) is 109 Å². The third-order valence-electron chi connectivity index (χ3n) is 8.80. The molecule has 0 bridgehead atoms. The van der Waals surface area contributed by atoms with E-state index in [1.807, 2.05) is 12.1 Å². The number of benzene rings is 6. The molecule has 0 saturated heterocycles. The molecule has 2 atom stereocenters. The van der Waals surface area contributed by atoms with Gasteiger partial charge in [0.15, 0.2) is 18.0 Å². The summed E-state index contributed by atoms with van der Waals surface area (Å²) >= 11 is 0. The van der Waals surface area contributed by atoms with Crippen molar-refractivity contribution in [3.05, 3.63) is 157 Å². The monoisotopic (exact) mass is 569 g/mol. The van der Waals surface area contributed by atoms with Crippen molar-refractivity contribution >= 4 is 49.6 Å². The normalized spacial score (nSPS) is 17.0. The molecule has 0 fully saturated rings. The molecule has 44 heavy (non-hydrogen) atoms. The average Bonchev–Trinajstić information content (AvgIpc) is 3.65. The first-order valence-electron chi connectivity index (χ1n) is 15.0. The van der Waals surface area contributed by atoms with Crippen LogP contribution in [-0.2, 0) is 0 Å². The number of fused-ring (bicyclic) bond motifs is 7. The van der Waals surface area contributed by atoms with Crippen molar-refractivity contribution in [2.75, 3.05) is 0 Å². The highest BCUT2D eigenvalue weighted by molar-refractivity contribution is 6.20. The van der Waals surface area contributed by atoms with Crippen LogP contribution in [0.1, 0.15) is 23.6 Å². The molecule has 9 rings (SSSR count). The zero-order valence-corrected chi connectivity index (χ0v) is 23.9. The molecule has 8 aromatic rings. The van der Waals surface area contributed by atoms with Crippen molar-refractivity contribution in [1.29, 1.82) is 0 Å². The standard InChI is InChI=1S/C39H28N4O/c1-3-12-25(13-4-1)27-16-11-17-28(24-27)38-40-37(26-14-5-2-6-15-26)41-39(42-38)43-33-20-9-7-18-29(33)31-22-23-32-30-19-8-10-21-34(30)44-36(32)35(31)43/h1-24,38-39,42H,(H,40,41)/p+1. The fraction of sp³-hybridized carbons (Fsp3) is 0.0513. The molecule has 5 heteroatoms. The Morgan fingerprint density at radius 2 is 1.27 bits per heavy atom. The number of aromatic nitrogens is 1. The van der Waals surface area contributed by atoms with Crippen molar-refractivity contribution in [1.82, 2.24) is 9.88 Å². The topological polar surface area (TPSA) is 59.1 Å². The molecule has 0 saturated carbocycles. The van der Waals surface area contributed by atoms with Gasteiger partial charge in [0.2, 0.25) is 5.84 Å². The molecule has 3 heterocycles. The molecule has 0 aliphatic carbocycles. The number of nitrogens with one attached hydrogen (secondary N) is 1. The van der Waals surface area contributed by atoms with Crippen molar-refractivity contribution in [2.45, 2.75) is 12.5 Å². The Morgan fingerprint density at radius 3 is 2.11 bits per heavy atom. The van der Waals surface area contributed by atoms with E-state index >= 15 is 0 Å². The van der Waals surface area contributed by atoms with E-state index in [1.165, 1.54) is 22.1 Å². The Hall–Kier alpha value is -5.49. The van der Waals surface area contributed by atoms with Gasteiger partial charge >= 0.3 is 0 Å². The quantitative estimate of drug-likeness (QED) is 0.225. The summed E-state index contributed by atoms with van der Waals surface area (Å²) in [6.45, 7) is 0. The lowest BCUT2D eigenvalue weighted by molar-refractivity contribution is -0.601. The van der Waals surface area contributed by atoms with Crippen LogP contribution in [-0.4, -0.2) is 10.4 Å². The minimum Gasteiger partial charge on any atom is -0.454 e. The first-order valence-corrected chi connectivity index (χ1v) is 15.0. The second-order valence-electron chi connectivity index (χ2n) is 11.4. The maximum absolute atomic E-state index is 6.61. The van der Waals surface area contributed by atoms with E-state index < -0.39 is 0 Å². The molecule has 1 aliphatic heterocycles. The lowest BCUT2D eigenvalue weighted by Crippen LogP contribution is -2.93. The van der Waals surface area contributed by atoms with Crippen LogP contribution in [0.4, 0.5) is 0 Å². The number of aliphatic imine (C=N–C) groups is 1. The second-order valence-corrected chi connectivity index (χ2v) is 11.4. The number of rotatable bonds is 4. The second kappa shape index (κ2) is 10.1. The first kappa shape index (κ1) is 25.0. The highest BCUT2D eigenvalue weighted by Gasteiger charge is 2.32. The molecule has 6 aromatic carbocycles. The Morgan fingerprint density at radius 1 is 0.591 bits per heavy atom. The minimum atomic E-state index is -0.373. The zero-order valence-electron chi connectivity index (χ0n) is 23.9. The van der Waals surface area contributed by atoms with Gasteiger partial charge in [0.05, 0.1) is 16.6 Å².